The maximum atomic E-state index is 11.4. The van der Waals surface area contributed by atoms with Crippen LogP contribution in [0.25, 0.3) is 0 Å². The monoisotopic (exact) mass is 194 g/mol. The lowest BCUT2D eigenvalue weighted by Crippen LogP contribution is -2.27. The van der Waals surface area contributed by atoms with Crippen LogP contribution in [0, 0.1) is 12.8 Å². The minimum Gasteiger partial charge on any atom is -0.469 e. The number of rotatable bonds is 1. The van der Waals surface area contributed by atoms with E-state index in [1.54, 1.807) is 0 Å². The van der Waals surface area contributed by atoms with Crippen LogP contribution in [0.3, 0.4) is 0 Å². The molecule has 1 atom stereocenters. The number of esters is 1. The summed E-state index contributed by atoms with van der Waals surface area (Å²) in [6.07, 6.45) is 3.68. The average molecular weight is 194 g/mol. The number of hydrogen-bond acceptors (Lipinski definition) is 3. The molecule has 0 aromatic carbocycles. The van der Waals surface area contributed by atoms with Gasteiger partial charge in [-0.05, 0) is 19.8 Å². The highest BCUT2D eigenvalue weighted by molar-refractivity contribution is 5.72. The summed E-state index contributed by atoms with van der Waals surface area (Å²) in [4.78, 5) is 15.6. The van der Waals surface area contributed by atoms with E-state index >= 15 is 0 Å². The molecule has 0 saturated carbocycles. The number of aryl methyl sites for hydroxylation is 2. The molecule has 1 aromatic rings. The van der Waals surface area contributed by atoms with Crippen LogP contribution in [-0.4, -0.2) is 22.6 Å². The Kier molecular flexibility index (Phi) is 2.27. The van der Waals surface area contributed by atoms with E-state index in [-0.39, 0.29) is 11.9 Å². The molecule has 0 N–H and O–H groups in total. The third-order valence-corrected chi connectivity index (χ3v) is 2.82. The lowest BCUT2D eigenvalue weighted by molar-refractivity contribution is -0.146. The number of methoxy groups -OCH3 is 1. The number of ether oxygens (including phenoxy) is 1. The van der Waals surface area contributed by atoms with Gasteiger partial charge in [0.05, 0.1) is 13.0 Å². The Morgan fingerprint density at radius 3 is 3.21 bits per heavy atom. The van der Waals surface area contributed by atoms with Crippen LogP contribution in [0.1, 0.15) is 17.9 Å². The summed E-state index contributed by atoms with van der Waals surface area (Å²) in [6.45, 7) is 2.68. The standard InChI is InChI=1S/C10H14N2O2/c1-7-11-5-9-4-3-8(6-12(7)9)10(13)14-2/h5,8H,3-4,6H2,1-2H3. The molecule has 0 fully saturated rings. The number of nitrogens with zero attached hydrogens (tertiary/aromatic N) is 2. The van der Waals surface area contributed by atoms with E-state index in [2.05, 4.69) is 9.55 Å². The molecule has 2 rings (SSSR count). The summed E-state index contributed by atoms with van der Waals surface area (Å²) in [5.74, 6) is 0.873. The Hall–Kier alpha value is -1.32. The zero-order valence-electron chi connectivity index (χ0n) is 8.49. The van der Waals surface area contributed by atoms with Gasteiger partial charge in [-0.1, -0.05) is 0 Å². The second-order valence-electron chi connectivity index (χ2n) is 3.67. The smallest absolute Gasteiger partial charge is 0.310 e. The van der Waals surface area contributed by atoms with E-state index < -0.39 is 0 Å². The SMILES string of the molecule is COC(=O)C1CCc2cnc(C)n2C1. The third-order valence-electron chi connectivity index (χ3n) is 2.82. The van der Waals surface area contributed by atoms with Crippen LogP contribution in [0.2, 0.25) is 0 Å². The van der Waals surface area contributed by atoms with Gasteiger partial charge in [0.15, 0.2) is 0 Å². The molecule has 4 heteroatoms. The lowest BCUT2D eigenvalue weighted by atomic mass is 9.98. The maximum absolute atomic E-state index is 11.4. The van der Waals surface area contributed by atoms with Crippen molar-refractivity contribution in [3.05, 3.63) is 17.7 Å². The highest BCUT2D eigenvalue weighted by Gasteiger charge is 2.26. The average Bonchev–Trinajstić information content (AvgIpc) is 2.59. The number of aromatic nitrogens is 2. The first kappa shape index (κ1) is 9.24. The van der Waals surface area contributed by atoms with Crippen LogP contribution < -0.4 is 0 Å². The number of carbonyl (C=O) groups excluding carboxylic acids is 1. The molecular formula is C10H14N2O2. The predicted molar refractivity (Wildman–Crippen MR) is 50.8 cm³/mol. The summed E-state index contributed by atoms with van der Waals surface area (Å²) < 4.78 is 6.85. The van der Waals surface area contributed by atoms with Crippen LogP contribution >= 0.6 is 0 Å². The van der Waals surface area contributed by atoms with Crippen molar-refractivity contribution in [3.63, 3.8) is 0 Å². The summed E-state index contributed by atoms with van der Waals surface area (Å²) >= 11 is 0. The number of carbonyl (C=O) groups is 1. The predicted octanol–water partition coefficient (Wildman–Crippen LogP) is 0.927. The zero-order chi connectivity index (χ0) is 10.1. The second kappa shape index (κ2) is 3.44. The van der Waals surface area contributed by atoms with Gasteiger partial charge < -0.3 is 9.30 Å². The van der Waals surface area contributed by atoms with Crippen molar-refractivity contribution < 1.29 is 9.53 Å². The van der Waals surface area contributed by atoms with Crippen LogP contribution in [0.5, 0.6) is 0 Å². The van der Waals surface area contributed by atoms with Gasteiger partial charge in [-0.2, -0.15) is 0 Å². The summed E-state index contributed by atoms with van der Waals surface area (Å²) in [5.41, 5.74) is 1.22. The van der Waals surface area contributed by atoms with E-state index in [1.165, 1.54) is 12.8 Å². The van der Waals surface area contributed by atoms with Gasteiger partial charge in [-0.25, -0.2) is 4.98 Å². The molecule has 1 aliphatic rings. The van der Waals surface area contributed by atoms with Gasteiger partial charge in [0.2, 0.25) is 0 Å². The van der Waals surface area contributed by atoms with Gasteiger partial charge in [0.25, 0.3) is 0 Å². The second-order valence-corrected chi connectivity index (χ2v) is 3.67. The van der Waals surface area contributed by atoms with Crippen molar-refractivity contribution >= 4 is 5.97 Å². The van der Waals surface area contributed by atoms with Crippen molar-refractivity contribution in [2.75, 3.05) is 7.11 Å². The summed E-state index contributed by atoms with van der Waals surface area (Å²) in [6, 6.07) is 0. The fraction of sp³-hybridized carbons (Fsp3) is 0.600. The van der Waals surface area contributed by atoms with Crippen LogP contribution in [0.15, 0.2) is 6.20 Å². The van der Waals surface area contributed by atoms with Gasteiger partial charge in [-0.3, -0.25) is 4.79 Å². The molecule has 0 bridgehead atoms. The summed E-state index contributed by atoms with van der Waals surface area (Å²) in [5, 5.41) is 0. The number of fused-ring (bicyclic) bond motifs is 1. The molecule has 0 radical (unpaired) electrons. The Labute approximate surface area is 82.9 Å². The lowest BCUT2D eigenvalue weighted by Gasteiger charge is -2.22. The number of imidazole rings is 1. The fourth-order valence-corrected chi connectivity index (χ4v) is 1.96. The van der Waals surface area contributed by atoms with E-state index in [1.807, 2.05) is 13.1 Å². The zero-order valence-corrected chi connectivity index (χ0v) is 8.49. The molecule has 0 saturated heterocycles. The third kappa shape index (κ3) is 1.41. The highest BCUT2D eigenvalue weighted by Crippen LogP contribution is 2.21. The minimum atomic E-state index is -0.108. The topological polar surface area (TPSA) is 44.1 Å². The normalized spacial score (nSPS) is 20.3. The first-order valence-corrected chi connectivity index (χ1v) is 4.81. The van der Waals surface area contributed by atoms with Gasteiger partial charge in [0, 0.05) is 18.4 Å². The van der Waals surface area contributed by atoms with Crippen molar-refractivity contribution in [3.8, 4) is 0 Å². The molecule has 14 heavy (non-hydrogen) atoms. The molecule has 1 aromatic heterocycles. The molecular weight excluding hydrogens is 180 g/mol. The molecule has 2 heterocycles. The van der Waals surface area contributed by atoms with Gasteiger partial charge in [0.1, 0.15) is 5.82 Å². The fourth-order valence-electron chi connectivity index (χ4n) is 1.96. The van der Waals surface area contributed by atoms with Gasteiger partial charge in [-0.15, -0.1) is 0 Å². The highest BCUT2D eigenvalue weighted by atomic mass is 16.5. The summed E-state index contributed by atoms with van der Waals surface area (Å²) in [7, 11) is 1.44. The van der Waals surface area contributed by atoms with Crippen molar-refractivity contribution in [1.82, 2.24) is 9.55 Å². The minimum absolute atomic E-state index is 0.000370. The quantitative estimate of drug-likeness (QED) is 0.624. The largest absolute Gasteiger partial charge is 0.469 e. The first-order valence-electron chi connectivity index (χ1n) is 4.81. The number of hydrogen-bond donors (Lipinski definition) is 0. The Morgan fingerprint density at radius 1 is 1.71 bits per heavy atom. The van der Waals surface area contributed by atoms with E-state index in [0.717, 1.165) is 18.7 Å². The molecule has 0 aliphatic carbocycles. The van der Waals surface area contributed by atoms with Crippen LogP contribution in [0.4, 0.5) is 0 Å². The van der Waals surface area contributed by atoms with Crippen molar-refractivity contribution in [2.45, 2.75) is 26.3 Å². The Morgan fingerprint density at radius 2 is 2.50 bits per heavy atom. The van der Waals surface area contributed by atoms with E-state index in [0.29, 0.717) is 6.54 Å². The Bertz CT molecular complexity index is 357. The molecule has 4 nitrogen and oxygen atoms in total. The van der Waals surface area contributed by atoms with E-state index in [9.17, 15) is 4.79 Å². The van der Waals surface area contributed by atoms with Gasteiger partial charge >= 0.3 is 5.97 Å². The van der Waals surface area contributed by atoms with Crippen LogP contribution in [-0.2, 0) is 22.5 Å². The van der Waals surface area contributed by atoms with Crippen molar-refractivity contribution in [2.24, 2.45) is 5.92 Å². The van der Waals surface area contributed by atoms with Crippen molar-refractivity contribution in [1.29, 1.82) is 0 Å². The molecule has 0 spiro atoms. The molecule has 1 unspecified atom stereocenters. The Balaban J connectivity index is 2.20. The maximum Gasteiger partial charge on any atom is 0.310 e. The molecule has 0 amide bonds. The first-order chi connectivity index (χ1) is 6.72. The molecule has 76 valence electrons. The molecule has 1 aliphatic heterocycles. The van der Waals surface area contributed by atoms with E-state index in [4.69, 9.17) is 4.74 Å².